The number of benzene rings is 2. The maximum atomic E-state index is 12.9. The summed E-state index contributed by atoms with van der Waals surface area (Å²) in [6.07, 6.45) is 0. The Morgan fingerprint density at radius 2 is 1.93 bits per heavy atom. The van der Waals surface area contributed by atoms with Crippen molar-refractivity contribution in [3.8, 4) is 17.1 Å². The van der Waals surface area contributed by atoms with Gasteiger partial charge >= 0.3 is 6.03 Å². The molecular formula is C20H18N4O4. The molecule has 1 atom stereocenters. The Bertz CT molecular complexity index is 1030. The maximum absolute atomic E-state index is 12.9. The predicted octanol–water partition coefficient (Wildman–Crippen LogP) is 2.71. The first-order chi connectivity index (χ1) is 13.5. The van der Waals surface area contributed by atoms with E-state index in [0.717, 1.165) is 4.90 Å². The Morgan fingerprint density at radius 3 is 2.68 bits per heavy atom. The van der Waals surface area contributed by atoms with Gasteiger partial charge in [0, 0.05) is 5.56 Å². The van der Waals surface area contributed by atoms with Crippen LogP contribution in [0.2, 0.25) is 0 Å². The summed E-state index contributed by atoms with van der Waals surface area (Å²) in [5.41, 5.74) is 0.285. The third kappa shape index (κ3) is 2.98. The van der Waals surface area contributed by atoms with Crippen LogP contribution in [0.1, 0.15) is 18.4 Å². The molecule has 28 heavy (non-hydrogen) atoms. The summed E-state index contributed by atoms with van der Waals surface area (Å²) in [5.74, 6) is 0.812. The molecule has 1 saturated heterocycles. The standard InChI is InChI=1S/C20H18N4O4/c1-20(14-8-4-3-5-9-14)18(25)24(19(26)22-20)12-16-21-17(23-28-16)13-7-6-10-15(11-13)27-2/h3-11H,12H2,1-2H3,(H,22,26)/t20-/m0/s1. The molecule has 0 saturated carbocycles. The molecule has 0 unspecified atom stereocenters. The maximum Gasteiger partial charge on any atom is 0.325 e. The molecular weight excluding hydrogens is 360 g/mol. The fourth-order valence-corrected chi connectivity index (χ4v) is 3.14. The number of methoxy groups -OCH3 is 1. The Kier molecular flexibility index (Phi) is 4.31. The van der Waals surface area contributed by atoms with Crippen LogP contribution in [-0.2, 0) is 16.9 Å². The highest BCUT2D eigenvalue weighted by atomic mass is 16.5. The molecule has 8 heteroatoms. The number of nitrogens with zero attached hydrogens (tertiary/aromatic N) is 3. The van der Waals surface area contributed by atoms with Gasteiger partial charge in [-0.05, 0) is 24.6 Å². The van der Waals surface area contributed by atoms with E-state index >= 15 is 0 Å². The SMILES string of the molecule is COc1cccc(-c2noc(CN3C(=O)N[C@@](C)(c4ccccc4)C3=O)n2)c1. The molecule has 1 aromatic heterocycles. The van der Waals surface area contributed by atoms with Crippen molar-refractivity contribution in [2.75, 3.05) is 7.11 Å². The van der Waals surface area contributed by atoms with Gasteiger partial charge in [0.1, 0.15) is 17.8 Å². The molecule has 1 N–H and O–H groups in total. The summed E-state index contributed by atoms with van der Waals surface area (Å²) in [6, 6.07) is 15.8. The minimum Gasteiger partial charge on any atom is -0.497 e. The molecule has 2 aromatic carbocycles. The molecule has 2 heterocycles. The second-order valence-corrected chi connectivity index (χ2v) is 6.56. The lowest BCUT2D eigenvalue weighted by atomic mass is 9.92. The van der Waals surface area contributed by atoms with E-state index < -0.39 is 11.6 Å². The number of rotatable bonds is 5. The third-order valence-corrected chi connectivity index (χ3v) is 4.72. The zero-order valence-corrected chi connectivity index (χ0v) is 15.4. The highest BCUT2D eigenvalue weighted by Gasteiger charge is 2.49. The van der Waals surface area contributed by atoms with Crippen LogP contribution in [0.5, 0.6) is 5.75 Å². The van der Waals surface area contributed by atoms with Crippen LogP contribution in [0.15, 0.2) is 59.1 Å². The molecule has 1 fully saturated rings. The molecule has 0 radical (unpaired) electrons. The van der Waals surface area contributed by atoms with Crippen LogP contribution in [0, 0.1) is 0 Å². The van der Waals surface area contributed by atoms with Gasteiger partial charge in [-0.2, -0.15) is 4.98 Å². The van der Waals surface area contributed by atoms with Gasteiger partial charge in [0.15, 0.2) is 0 Å². The van der Waals surface area contributed by atoms with Crippen LogP contribution in [0.3, 0.4) is 0 Å². The summed E-state index contributed by atoms with van der Waals surface area (Å²) in [7, 11) is 1.57. The van der Waals surface area contributed by atoms with Crippen molar-refractivity contribution in [1.82, 2.24) is 20.4 Å². The lowest BCUT2D eigenvalue weighted by molar-refractivity contribution is -0.131. The quantitative estimate of drug-likeness (QED) is 0.686. The Labute approximate surface area is 161 Å². The van der Waals surface area contributed by atoms with Crippen molar-refractivity contribution >= 4 is 11.9 Å². The van der Waals surface area contributed by atoms with Gasteiger partial charge in [0.25, 0.3) is 5.91 Å². The van der Waals surface area contributed by atoms with Crippen molar-refractivity contribution in [1.29, 1.82) is 0 Å². The number of carbonyl (C=O) groups is 2. The fraction of sp³-hybridized carbons (Fsp3) is 0.200. The van der Waals surface area contributed by atoms with E-state index in [1.54, 1.807) is 32.2 Å². The fourth-order valence-electron chi connectivity index (χ4n) is 3.14. The summed E-state index contributed by atoms with van der Waals surface area (Å²) >= 11 is 0. The number of aromatic nitrogens is 2. The zero-order chi connectivity index (χ0) is 19.7. The van der Waals surface area contributed by atoms with Crippen LogP contribution in [0.4, 0.5) is 4.79 Å². The van der Waals surface area contributed by atoms with Crippen molar-refractivity contribution in [2.45, 2.75) is 19.0 Å². The van der Waals surface area contributed by atoms with Gasteiger partial charge in [-0.3, -0.25) is 9.69 Å². The van der Waals surface area contributed by atoms with E-state index in [4.69, 9.17) is 9.26 Å². The summed E-state index contributed by atoms with van der Waals surface area (Å²) in [6.45, 7) is 1.57. The normalized spacial score (nSPS) is 19.0. The second-order valence-electron chi connectivity index (χ2n) is 6.56. The lowest BCUT2D eigenvalue weighted by Gasteiger charge is -2.21. The highest BCUT2D eigenvalue weighted by Crippen LogP contribution is 2.29. The molecule has 4 rings (SSSR count). The smallest absolute Gasteiger partial charge is 0.325 e. The van der Waals surface area contributed by atoms with Crippen LogP contribution in [-0.4, -0.2) is 34.1 Å². The number of ether oxygens (including phenoxy) is 1. The van der Waals surface area contributed by atoms with Crippen LogP contribution in [0.25, 0.3) is 11.4 Å². The van der Waals surface area contributed by atoms with Gasteiger partial charge in [-0.25, -0.2) is 4.79 Å². The Morgan fingerprint density at radius 1 is 1.14 bits per heavy atom. The van der Waals surface area contributed by atoms with Gasteiger partial charge < -0.3 is 14.6 Å². The number of imide groups is 1. The number of urea groups is 1. The summed E-state index contributed by atoms with van der Waals surface area (Å²) < 4.78 is 10.4. The largest absolute Gasteiger partial charge is 0.497 e. The van der Waals surface area contributed by atoms with Crippen molar-refractivity contribution in [2.24, 2.45) is 0 Å². The highest BCUT2D eigenvalue weighted by molar-refractivity contribution is 6.07. The zero-order valence-electron chi connectivity index (χ0n) is 15.4. The Hall–Kier alpha value is -3.68. The number of nitrogens with one attached hydrogen (secondary N) is 1. The minimum atomic E-state index is -1.13. The van der Waals surface area contributed by atoms with Crippen LogP contribution < -0.4 is 10.1 Å². The number of hydrogen-bond donors (Lipinski definition) is 1. The minimum absolute atomic E-state index is 0.107. The van der Waals surface area contributed by atoms with E-state index in [9.17, 15) is 9.59 Å². The van der Waals surface area contributed by atoms with E-state index in [1.807, 2.05) is 36.4 Å². The topological polar surface area (TPSA) is 97.6 Å². The first kappa shape index (κ1) is 17.7. The first-order valence-corrected chi connectivity index (χ1v) is 8.68. The number of hydrogen-bond acceptors (Lipinski definition) is 6. The van der Waals surface area contributed by atoms with Gasteiger partial charge in [-0.15, -0.1) is 0 Å². The molecule has 0 bridgehead atoms. The van der Waals surface area contributed by atoms with E-state index in [2.05, 4.69) is 15.5 Å². The van der Waals surface area contributed by atoms with E-state index in [-0.39, 0.29) is 18.3 Å². The van der Waals surface area contributed by atoms with Crippen molar-refractivity contribution in [3.63, 3.8) is 0 Å². The molecule has 1 aliphatic heterocycles. The monoisotopic (exact) mass is 378 g/mol. The molecule has 1 aliphatic rings. The van der Waals surface area contributed by atoms with Crippen LogP contribution >= 0.6 is 0 Å². The average molecular weight is 378 g/mol. The molecule has 3 aromatic rings. The molecule has 0 aliphatic carbocycles. The third-order valence-electron chi connectivity index (χ3n) is 4.72. The molecule has 3 amide bonds. The van der Waals surface area contributed by atoms with Crippen molar-refractivity contribution in [3.05, 3.63) is 66.1 Å². The number of carbonyl (C=O) groups excluding carboxylic acids is 2. The Balaban J connectivity index is 1.56. The van der Waals surface area contributed by atoms with Gasteiger partial charge in [-0.1, -0.05) is 47.6 Å². The second kappa shape index (κ2) is 6.80. The van der Waals surface area contributed by atoms with Crippen molar-refractivity contribution < 1.29 is 18.8 Å². The predicted molar refractivity (Wildman–Crippen MR) is 99.2 cm³/mol. The number of amides is 3. The summed E-state index contributed by atoms with van der Waals surface area (Å²) in [4.78, 5) is 30.7. The van der Waals surface area contributed by atoms with Gasteiger partial charge in [0.2, 0.25) is 11.7 Å². The van der Waals surface area contributed by atoms with E-state index in [1.165, 1.54) is 0 Å². The molecule has 8 nitrogen and oxygen atoms in total. The average Bonchev–Trinajstić information content (AvgIpc) is 3.28. The lowest BCUT2D eigenvalue weighted by Crippen LogP contribution is -2.40. The summed E-state index contributed by atoms with van der Waals surface area (Å²) in [5, 5.41) is 6.69. The van der Waals surface area contributed by atoms with E-state index in [0.29, 0.717) is 22.7 Å². The first-order valence-electron chi connectivity index (χ1n) is 8.68. The molecule has 0 spiro atoms. The van der Waals surface area contributed by atoms with Gasteiger partial charge in [0.05, 0.1) is 7.11 Å². The molecule has 142 valence electrons.